The van der Waals surface area contributed by atoms with Crippen LogP contribution in [0.15, 0.2) is 59.0 Å². The number of hydrogen-bond acceptors (Lipinski definition) is 8. The van der Waals surface area contributed by atoms with E-state index in [4.69, 9.17) is 14.7 Å². The van der Waals surface area contributed by atoms with Crippen molar-refractivity contribution in [2.24, 2.45) is 5.10 Å². The molecule has 0 fully saturated rings. The van der Waals surface area contributed by atoms with Crippen LogP contribution in [0.3, 0.4) is 0 Å². The molecule has 0 aliphatic heterocycles. The number of esters is 1. The van der Waals surface area contributed by atoms with Gasteiger partial charge in [0.25, 0.3) is 0 Å². The van der Waals surface area contributed by atoms with Gasteiger partial charge < -0.3 is 9.47 Å². The van der Waals surface area contributed by atoms with E-state index in [2.05, 4.69) is 21.6 Å². The molecule has 1 heterocycles. The molecule has 0 spiro atoms. The number of thiazole rings is 1. The molecule has 0 unspecified atom stereocenters. The zero-order valence-corrected chi connectivity index (χ0v) is 17.2. The van der Waals surface area contributed by atoms with E-state index in [1.165, 1.54) is 11.3 Å². The second kappa shape index (κ2) is 10.7. The first-order chi connectivity index (χ1) is 14.7. The molecule has 0 saturated heterocycles. The molecule has 2 aromatic carbocycles. The molecule has 1 aromatic heterocycles. The van der Waals surface area contributed by atoms with Gasteiger partial charge in [-0.25, -0.2) is 4.98 Å². The molecule has 0 radical (unpaired) electrons. The summed E-state index contributed by atoms with van der Waals surface area (Å²) in [7, 11) is 0. The van der Waals surface area contributed by atoms with Crippen LogP contribution in [-0.2, 0) is 22.6 Å². The summed E-state index contributed by atoms with van der Waals surface area (Å²) in [4.78, 5) is 15.8. The van der Waals surface area contributed by atoms with Gasteiger partial charge in [0.05, 0.1) is 36.6 Å². The molecule has 0 atom stereocenters. The molecular weight excluding hydrogens is 400 g/mol. The van der Waals surface area contributed by atoms with Gasteiger partial charge >= 0.3 is 5.97 Å². The van der Waals surface area contributed by atoms with E-state index in [-0.39, 0.29) is 12.4 Å². The summed E-state index contributed by atoms with van der Waals surface area (Å²) in [5.41, 5.74) is 6.04. The first-order valence-corrected chi connectivity index (χ1v) is 10.1. The van der Waals surface area contributed by atoms with Crippen molar-refractivity contribution < 1.29 is 14.3 Å². The maximum Gasteiger partial charge on any atom is 0.311 e. The number of aromatic nitrogens is 1. The summed E-state index contributed by atoms with van der Waals surface area (Å²) in [5.74, 6) is 0.451. The summed E-state index contributed by atoms with van der Waals surface area (Å²) < 4.78 is 10.7. The van der Waals surface area contributed by atoms with Crippen molar-refractivity contribution >= 4 is 28.7 Å². The summed E-state index contributed by atoms with van der Waals surface area (Å²) >= 11 is 1.37. The van der Waals surface area contributed by atoms with E-state index in [1.54, 1.807) is 30.7 Å². The highest BCUT2D eigenvalue weighted by Gasteiger charge is 2.07. The highest BCUT2D eigenvalue weighted by molar-refractivity contribution is 7.13. The Balaban J connectivity index is 1.47. The smallest absolute Gasteiger partial charge is 0.311 e. The van der Waals surface area contributed by atoms with Crippen LogP contribution in [0.4, 0.5) is 5.13 Å². The van der Waals surface area contributed by atoms with Crippen LogP contribution in [0.25, 0.3) is 0 Å². The molecular formula is C22H20N4O3S. The number of nitrogens with zero attached hydrogens (tertiary/aromatic N) is 3. The predicted molar refractivity (Wildman–Crippen MR) is 116 cm³/mol. The molecule has 3 rings (SSSR count). The zero-order chi connectivity index (χ0) is 21.2. The SMILES string of the molecule is CCOC(=O)Cc1csc(NN=Cc2ccc(OCc3ccc(C#N)cc3)cc2)n1. The molecule has 30 heavy (non-hydrogen) atoms. The summed E-state index contributed by atoms with van der Waals surface area (Å²) in [5, 5.41) is 15.4. The second-order valence-corrected chi connectivity index (χ2v) is 7.02. The Morgan fingerprint density at radius 3 is 2.70 bits per heavy atom. The zero-order valence-electron chi connectivity index (χ0n) is 16.4. The number of anilines is 1. The molecule has 0 aliphatic rings. The first-order valence-electron chi connectivity index (χ1n) is 9.27. The Bertz CT molecular complexity index is 1040. The topological polar surface area (TPSA) is 96.6 Å². The average molecular weight is 420 g/mol. The van der Waals surface area contributed by atoms with Crippen LogP contribution in [0, 0.1) is 11.3 Å². The number of benzene rings is 2. The van der Waals surface area contributed by atoms with Gasteiger partial charge in [0.1, 0.15) is 12.4 Å². The third kappa shape index (κ3) is 6.43. The number of ether oxygens (including phenoxy) is 2. The van der Waals surface area contributed by atoms with Gasteiger partial charge in [-0.3, -0.25) is 10.2 Å². The highest BCUT2D eigenvalue weighted by Crippen LogP contribution is 2.17. The van der Waals surface area contributed by atoms with Crippen molar-refractivity contribution in [1.29, 1.82) is 5.26 Å². The monoisotopic (exact) mass is 420 g/mol. The summed E-state index contributed by atoms with van der Waals surface area (Å²) in [6.07, 6.45) is 1.83. The Morgan fingerprint density at radius 1 is 1.23 bits per heavy atom. The Morgan fingerprint density at radius 2 is 2.00 bits per heavy atom. The largest absolute Gasteiger partial charge is 0.489 e. The lowest BCUT2D eigenvalue weighted by atomic mass is 10.1. The highest BCUT2D eigenvalue weighted by atomic mass is 32.1. The molecule has 7 nitrogen and oxygen atoms in total. The van der Waals surface area contributed by atoms with Crippen LogP contribution < -0.4 is 10.2 Å². The van der Waals surface area contributed by atoms with Crippen LogP contribution >= 0.6 is 11.3 Å². The van der Waals surface area contributed by atoms with E-state index >= 15 is 0 Å². The third-order valence-corrected chi connectivity index (χ3v) is 4.72. The van der Waals surface area contributed by atoms with Crippen LogP contribution in [-0.4, -0.2) is 23.8 Å². The van der Waals surface area contributed by atoms with E-state index in [1.807, 2.05) is 36.4 Å². The van der Waals surface area contributed by atoms with Crippen molar-refractivity contribution in [1.82, 2.24) is 4.98 Å². The molecule has 3 aromatic rings. The molecule has 0 aliphatic carbocycles. The Kier molecular flexibility index (Phi) is 7.52. The van der Waals surface area contributed by atoms with Gasteiger partial charge in [0.15, 0.2) is 0 Å². The maximum atomic E-state index is 11.5. The molecule has 152 valence electrons. The number of nitrogens with one attached hydrogen (secondary N) is 1. The second-order valence-electron chi connectivity index (χ2n) is 6.16. The van der Waals surface area contributed by atoms with E-state index in [0.29, 0.717) is 29.6 Å². The van der Waals surface area contributed by atoms with Gasteiger partial charge in [-0.1, -0.05) is 12.1 Å². The lowest BCUT2D eigenvalue weighted by molar-refractivity contribution is -0.142. The molecule has 0 saturated carbocycles. The number of hydrazone groups is 1. The standard InChI is InChI=1S/C22H20N4O3S/c1-2-28-21(27)11-19-15-30-22(25-19)26-24-13-17-7-9-20(10-8-17)29-14-18-5-3-16(12-23)4-6-18/h3-10,13,15H,2,11,14H2,1H3,(H,25,26). The predicted octanol–water partition coefficient (Wildman–Crippen LogP) is 4.15. The number of rotatable bonds is 9. The van der Waals surface area contributed by atoms with Gasteiger partial charge in [-0.15, -0.1) is 11.3 Å². The fourth-order valence-corrected chi connectivity index (χ4v) is 3.11. The van der Waals surface area contributed by atoms with Crippen molar-refractivity contribution in [3.05, 3.63) is 76.3 Å². The fourth-order valence-electron chi connectivity index (χ4n) is 2.45. The molecule has 0 amide bonds. The molecule has 8 heteroatoms. The first kappa shape index (κ1) is 21.0. The van der Waals surface area contributed by atoms with Crippen LogP contribution in [0.2, 0.25) is 0 Å². The van der Waals surface area contributed by atoms with E-state index in [9.17, 15) is 4.79 Å². The number of hydrogen-bond donors (Lipinski definition) is 1. The average Bonchev–Trinajstić information content (AvgIpc) is 3.20. The normalized spacial score (nSPS) is 10.5. The summed E-state index contributed by atoms with van der Waals surface area (Å²) in [6, 6.07) is 16.9. The minimum atomic E-state index is -0.292. The van der Waals surface area contributed by atoms with Gasteiger partial charge in [0.2, 0.25) is 5.13 Å². The van der Waals surface area contributed by atoms with E-state index in [0.717, 1.165) is 16.9 Å². The van der Waals surface area contributed by atoms with Crippen LogP contribution in [0.1, 0.15) is 29.3 Å². The van der Waals surface area contributed by atoms with E-state index < -0.39 is 0 Å². The third-order valence-electron chi connectivity index (χ3n) is 3.92. The lowest BCUT2D eigenvalue weighted by Gasteiger charge is -2.06. The van der Waals surface area contributed by atoms with Gasteiger partial charge in [-0.05, 0) is 54.4 Å². The lowest BCUT2D eigenvalue weighted by Crippen LogP contribution is -2.07. The fraction of sp³-hybridized carbons (Fsp3) is 0.182. The Hall–Kier alpha value is -3.70. The van der Waals surface area contributed by atoms with Crippen molar-refractivity contribution in [2.75, 3.05) is 12.0 Å². The molecule has 1 N–H and O–H groups in total. The van der Waals surface area contributed by atoms with Crippen LogP contribution in [0.5, 0.6) is 5.75 Å². The maximum absolute atomic E-state index is 11.5. The molecule has 0 bridgehead atoms. The van der Waals surface area contributed by atoms with Crippen molar-refractivity contribution in [2.45, 2.75) is 20.0 Å². The van der Waals surface area contributed by atoms with Crippen molar-refractivity contribution in [3.63, 3.8) is 0 Å². The summed E-state index contributed by atoms with van der Waals surface area (Å²) in [6.45, 7) is 2.56. The quantitative estimate of drug-likeness (QED) is 0.317. The van der Waals surface area contributed by atoms with Gasteiger partial charge in [0, 0.05) is 5.38 Å². The Labute approximate surface area is 178 Å². The minimum Gasteiger partial charge on any atom is -0.489 e. The number of carbonyl (C=O) groups is 1. The van der Waals surface area contributed by atoms with Gasteiger partial charge in [-0.2, -0.15) is 10.4 Å². The van der Waals surface area contributed by atoms with Crippen molar-refractivity contribution in [3.8, 4) is 11.8 Å². The number of carbonyl (C=O) groups excluding carboxylic acids is 1. The minimum absolute atomic E-state index is 0.152. The number of nitriles is 1.